The van der Waals surface area contributed by atoms with Crippen LogP contribution in [0.25, 0.3) is 12.2 Å². The molecule has 65 heavy (non-hydrogen) atoms. The number of phenolic OH excluding ortho intramolecular Hbond substituents is 2. The molecule has 1 unspecified atom stereocenters. The lowest BCUT2D eigenvalue weighted by Crippen LogP contribution is -2.59. The molecule has 5 rings (SSSR count). The average Bonchev–Trinajstić information content (AvgIpc) is 3.31. The van der Waals surface area contributed by atoms with Crippen molar-refractivity contribution in [3.8, 4) is 17.2 Å². The molecule has 4 aromatic carbocycles. The highest BCUT2D eigenvalue weighted by atomic mass is 35.5. The fourth-order valence-electron chi connectivity index (χ4n) is 7.14. The molecule has 15 nitrogen and oxygen atoms in total. The van der Waals surface area contributed by atoms with E-state index in [0.29, 0.717) is 11.1 Å². The number of likely N-dealkylation sites (N-methyl/N-ethyl adjacent to an activating group) is 2. The van der Waals surface area contributed by atoms with Gasteiger partial charge in [-0.3, -0.25) is 24.0 Å². The first kappa shape index (κ1) is 48.9. The molecule has 5 amide bonds. The lowest BCUT2D eigenvalue weighted by Gasteiger charge is -2.36. The number of ether oxygens (including phenoxy) is 2. The maximum atomic E-state index is 15.0. The number of esters is 1. The number of hydrogen-bond acceptors (Lipinski definition) is 10. The van der Waals surface area contributed by atoms with Crippen LogP contribution in [0.4, 0.5) is 0 Å². The van der Waals surface area contributed by atoms with Gasteiger partial charge in [-0.05, 0) is 58.5 Å². The molecule has 0 aliphatic carbocycles. The van der Waals surface area contributed by atoms with Crippen molar-refractivity contribution < 1.29 is 48.5 Å². The van der Waals surface area contributed by atoms with Crippen molar-refractivity contribution in [1.82, 2.24) is 25.8 Å². The Kier molecular flexibility index (Phi) is 17.7. The third-order valence-electron chi connectivity index (χ3n) is 10.9. The Balaban J connectivity index is 1.50. The molecule has 16 heteroatoms. The zero-order valence-electron chi connectivity index (χ0n) is 36.7. The summed E-state index contributed by atoms with van der Waals surface area (Å²) in [7, 11) is 4.11. The van der Waals surface area contributed by atoms with Crippen molar-refractivity contribution in [2.24, 2.45) is 0 Å². The molecule has 0 bridgehead atoms. The van der Waals surface area contributed by atoms with Gasteiger partial charge in [-0.2, -0.15) is 0 Å². The Hall–Kier alpha value is -7.13. The van der Waals surface area contributed by atoms with E-state index in [-0.39, 0.29) is 47.9 Å². The normalized spacial score (nSPS) is 15.1. The van der Waals surface area contributed by atoms with E-state index in [1.165, 1.54) is 51.5 Å². The second-order valence-corrected chi connectivity index (χ2v) is 15.8. The Morgan fingerprint density at radius 2 is 1.48 bits per heavy atom. The van der Waals surface area contributed by atoms with Crippen LogP contribution in [0.15, 0.2) is 103 Å². The van der Waals surface area contributed by atoms with Crippen LogP contribution in [0, 0.1) is 0 Å². The van der Waals surface area contributed by atoms with Gasteiger partial charge in [-0.1, -0.05) is 110 Å². The van der Waals surface area contributed by atoms with Gasteiger partial charge in [0.05, 0.1) is 18.7 Å². The molecule has 1 aliphatic rings. The molecule has 0 spiro atoms. The average molecular weight is 908 g/mol. The number of nitrogens with zero attached hydrogens (tertiary/aromatic N) is 2. The first-order valence-electron chi connectivity index (χ1n) is 21.1. The second kappa shape index (κ2) is 23.5. The molecule has 5 N–H and O–H groups in total. The van der Waals surface area contributed by atoms with Crippen molar-refractivity contribution in [3.63, 3.8) is 0 Å². The molecular formula is C49H54ClN5O10. The summed E-state index contributed by atoms with van der Waals surface area (Å²) in [5.41, 5.74) is 3.17. The second-order valence-electron chi connectivity index (χ2n) is 15.5. The quantitative estimate of drug-likeness (QED) is 0.0616. The number of allylic oxidation sites excluding steroid dienone is 1. The number of carbonyl (C=O) groups excluding carboxylic acids is 6. The minimum atomic E-state index is -1.41. The van der Waals surface area contributed by atoms with Crippen molar-refractivity contribution in [2.75, 3.05) is 34.4 Å². The van der Waals surface area contributed by atoms with Crippen LogP contribution in [0.2, 0.25) is 5.02 Å². The van der Waals surface area contributed by atoms with E-state index in [1.54, 1.807) is 48.5 Å². The lowest BCUT2D eigenvalue weighted by molar-refractivity contribution is -0.158. The minimum absolute atomic E-state index is 0.00368. The molecular weight excluding hydrogens is 854 g/mol. The van der Waals surface area contributed by atoms with E-state index in [9.17, 15) is 34.2 Å². The Bertz CT molecular complexity index is 2390. The lowest BCUT2D eigenvalue weighted by atomic mass is 9.98. The van der Waals surface area contributed by atoms with Gasteiger partial charge in [0.2, 0.25) is 29.5 Å². The Morgan fingerprint density at radius 3 is 2.15 bits per heavy atom. The van der Waals surface area contributed by atoms with Crippen molar-refractivity contribution in [3.05, 3.63) is 136 Å². The van der Waals surface area contributed by atoms with Crippen molar-refractivity contribution in [1.29, 1.82) is 0 Å². The third kappa shape index (κ3) is 13.4. The molecule has 1 fully saturated rings. The molecule has 4 atom stereocenters. The smallest absolute Gasteiger partial charge is 0.329 e. The molecule has 342 valence electrons. The van der Waals surface area contributed by atoms with E-state index < -0.39 is 72.0 Å². The molecule has 1 aliphatic heterocycles. The molecule has 1 heterocycles. The molecule has 1 saturated heterocycles. The van der Waals surface area contributed by atoms with Crippen LogP contribution >= 0.6 is 11.6 Å². The van der Waals surface area contributed by atoms with E-state index in [4.69, 9.17) is 21.1 Å². The largest absolute Gasteiger partial charge is 0.508 e. The summed E-state index contributed by atoms with van der Waals surface area (Å²) in [4.78, 5) is 84.4. The molecule has 0 aromatic heterocycles. The maximum Gasteiger partial charge on any atom is 0.329 e. The van der Waals surface area contributed by atoms with Gasteiger partial charge >= 0.3 is 5.97 Å². The summed E-state index contributed by atoms with van der Waals surface area (Å²) in [5, 5.41) is 28.4. The van der Waals surface area contributed by atoms with Crippen molar-refractivity contribution >= 4 is 59.3 Å². The number of nitrogens with one attached hydrogen (secondary N) is 3. The van der Waals surface area contributed by atoms with E-state index in [1.807, 2.05) is 30.3 Å². The van der Waals surface area contributed by atoms with Gasteiger partial charge in [-0.25, -0.2) is 4.79 Å². The summed E-state index contributed by atoms with van der Waals surface area (Å²) in [5.74, 6) is -4.26. The van der Waals surface area contributed by atoms with Crippen LogP contribution in [-0.2, 0) is 52.8 Å². The highest BCUT2D eigenvalue weighted by Crippen LogP contribution is 2.37. The van der Waals surface area contributed by atoms with Gasteiger partial charge in [0.25, 0.3) is 0 Å². The number of hydrogen-bond donors (Lipinski definition) is 5. The first-order chi connectivity index (χ1) is 31.2. The van der Waals surface area contributed by atoms with Crippen LogP contribution < -0.4 is 20.7 Å². The van der Waals surface area contributed by atoms with Gasteiger partial charge in [0.1, 0.15) is 36.5 Å². The number of carbonyl (C=O) groups is 6. The fraction of sp³-hybridized carbons (Fsp3) is 0.306. The van der Waals surface area contributed by atoms with Crippen molar-refractivity contribution in [2.45, 2.75) is 63.2 Å². The van der Waals surface area contributed by atoms with E-state index in [2.05, 4.69) is 29.0 Å². The fourth-order valence-corrected chi connectivity index (χ4v) is 7.37. The van der Waals surface area contributed by atoms with Gasteiger partial charge in [0.15, 0.2) is 11.5 Å². The predicted octanol–water partition coefficient (Wildman–Crippen LogP) is 4.61. The zero-order valence-corrected chi connectivity index (χ0v) is 37.4. The number of piperazine rings is 1. The number of aromatic hydroxyl groups is 2. The number of unbranched alkanes of at least 4 members (excludes halogenated alkanes) is 1. The van der Waals surface area contributed by atoms with E-state index in [0.717, 1.165) is 33.8 Å². The highest BCUT2D eigenvalue weighted by Gasteiger charge is 2.39. The number of phenols is 2. The predicted molar refractivity (Wildman–Crippen MR) is 246 cm³/mol. The first-order valence-corrected chi connectivity index (χ1v) is 21.5. The third-order valence-corrected chi connectivity index (χ3v) is 11.3. The maximum absolute atomic E-state index is 15.0. The summed E-state index contributed by atoms with van der Waals surface area (Å²) < 4.78 is 10.8. The number of rotatable bonds is 20. The molecule has 0 saturated carbocycles. The van der Waals surface area contributed by atoms with Crippen LogP contribution in [0.5, 0.6) is 17.2 Å². The number of methoxy groups -OCH3 is 1. The SMILES string of the molecule is CCC/C=C/c1ccccc1/C=C/C(=O)N[C@H](Cc1ccc(O)cc1)C(=O)N(C)C(Cc1ccc(OC)c(O)c1Cl)C(=O)N(C)[C@@H](Cc1ccccc1)C(=O)OC[C@H]1NC(=O)CNC1=O. The topological polar surface area (TPSA) is 204 Å². The Morgan fingerprint density at radius 1 is 0.831 bits per heavy atom. The number of benzene rings is 4. The zero-order chi connectivity index (χ0) is 47.0. The summed E-state index contributed by atoms with van der Waals surface area (Å²) in [6, 6.07) is 20.3. The van der Waals surface area contributed by atoms with Crippen LogP contribution in [0.1, 0.15) is 47.6 Å². The Labute approximate surface area is 383 Å². The van der Waals surface area contributed by atoms with Gasteiger partial charge in [-0.15, -0.1) is 0 Å². The monoisotopic (exact) mass is 907 g/mol. The number of amides is 5. The molecule has 0 radical (unpaired) electrons. The summed E-state index contributed by atoms with van der Waals surface area (Å²) in [6.07, 6.45) is 8.50. The molecule has 4 aromatic rings. The van der Waals surface area contributed by atoms with Gasteiger partial charge in [0, 0.05) is 39.4 Å². The standard InChI is InChI=1S/C49H54ClN5O10/c1-5-6-8-15-33-16-11-12-17-34(33)21-25-42(57)52-37(26-32-18-22-36(56)23-19-32)47(61)54(2)39(28-35-20-24-41(64-4)45(59)44(35)50)48(62)55(3)40(27-31-13-9-7-10-14-31)49(63)65-30-38-46(60)51-29-43(58)53-38/h7-25,37-40,56,59H,5-6,26-30H2,1-4H3,(H,51,60)(H,52,57)(H,53,58)/b15-8+,25-21+/t37-,38-,39?,40+/m1/s1. The van der Waals surface area contributed by atoms with Crippen LogP contribution in [-0.4, -0.2) is 114 Å². The number of halogens is 1. The van der Waals surface area contributed by atoms with E-state index >= 15 is 4.79 Å². The highest BCUT2D eigenvalue weighted by molar-refractivity contribution is 6.33. The van der Waals surface area contributed by atoms with Gasteiger partial charge < -0.3 is 45.4 Å². The minimum Gasteiger partial charge on any atom is -0.508 e. The summed E-state index contributed by atoms with van der Waals surface area (Å²) >= 11 is 6.65. The summed E-state index contributed by atoms with van der Waals surface area (Å²) in [6.45, 7) is 1.34. The van der Waals surface area contributed by atoms with Crippen LogP contribution in [0.3, 0.4) is 0 Å².